The Morgan fingerprint density at radius 1 is 1.03 bits per heavy atom. The SMILES string of the molecule is Cc1cc(-c2cccc3c(C)[nH]nc23)ccc1C(=O)N1CCN(C(=O)C2(N)CC2)CC1. The molecule has 1 saturated heterocycles. The molecule has 0 spiro atoms. The standard InChI is InChI=1S/C24H27N5O2/c1-15-14-17(20-5-3-4-19-16(2)26-27-21(19)20)6-7-18(15)22(30)28-10-12-29(13-11-28)23(31)24(25)8-9-24/h3-7,14H,8-13,25H2,1-2H3,(H,26,27). The van der Waals surface area contributed by atoms with E-state index < -0.39 is 5.54 Å². The molecule has 7 heteroatoms. The number of piperazine rings is 1. The van der Waals surface area contributed by atoms with Crippen LogP contribution in [0.5, 0.6) is 0 Å². The van der Waals surface area contributed by atoms with Crippen LogP contribution >= 0.6 is 0 Å². The first-order chi connectivity index (χ1) is 14.9. The van der Waals surface area contributed by atoms with Crippen LogP contribution in [-0.4, -0.2) is 63.5 Å². The topological polar surface area (TPSA) is 95.3 Å². The number of nitrogens with two attached hydrogens (primary N) is 1. The highest BCUT2D eigenvalue weighted by atomic mass is 16.2. The summed E-state index contributed by atoms with van der Waals surface area (Å²) >= 11 is 0. The zero-order valence-corrected chi connectivity index (χ0v) is 17.9. The molecule has 2 amide bonds. The third-order valence-electron chi connectivity index (χ3n) is 6.61. The van der Waals surface area contributed by atoms with Gasteiger partial charge in [0.2, 0.25) is 5.91 Å². The zero-order chi connectivity index (χ0) is 21.8. The Hall–Kier alpha value is -3.19. The monoisotopic (exact) mass is 417 g/mol. The summed E-state index contributed by atoms with van der Waals surface area (Å²) in [5.41, 5.74) is 11.1. The van der Waals surface area contributed by atoms with Gasteiger partial charge in [0.25, 0.3) is 5.91 Å². The van der Waals surface area contributed by atoms with Crippen molar-refractivity contribution < 1.29 is 9.59 Å². The summed E-state index contributed by atoms with van der Waals surface area (Å²) < 4.78 is 0. The molecule has 0 atom stereocenters. The molecule has 1 aromatic heterocycles. The van der Waals surface area contributed by atoms with Gasteiger partial charge in [-0.1, -0.05) is 30.3 Å². The Morgan fingerprint density at radius 3 is 2.42 bits per heavy atom. The molecule has 1 aliphatic heterocycles. The molecule has 3 aromatic rings. The summed E-state index contributed by atoms with van der Waals surface area (Å²) in [6.45, 7) is 6.14. The van der Waals surface area contributed by atoms with Gasteiger partial charge in [0, 0.05) is 48.4 Å². The van der Waals surface area contributed by atoms with E-state index in [-0.39, 0.29) is 11.8 Å². The molecule has 2 fully saturated rings. The average molecular weight is 418 g/mol. The van der Waals surface area contributed by atoms with Crippen LogP contribution in [0.4, 0.5) is 0 Å². The number of nitrogens with zero attached hydrogens (tertiary/aromatic N) is 3. The number of hydrogen-bond donors (Lipinski definition) is 2. The Balaban J connectivity index is 1.33. The highest BCUT2D eigenvalue weighted by molar-refractivity contribution is 5.99. The van der Waals surface area contributed by atoms with Gasteiger partial charge in [-0.25, -0.2) is 0 Å². The van der Waals surface area contributed by atoms with Crippen LogP contribution in [0, 0.1) is 13.8 Å². The molecular weight excluding hydrogens is 390 g/mol. The summed E-state index contributed by atoms with van der Waals surface area (Å²) in [7, 11) is 0. The average Bonchev–Trinajstić information content (AvgIpc) is 3.43. The van der Waals surface area contributed by atoms with Gasteiger partial charge >= 0.3 is 0 Å². The first-order valence-corrected chi connectivity index (χ1v) is 10.8. The Kier molecular flexibility index (Phi) is 4.59. The van der Waals surface area contributed by atoms with Gasteiger partial charge in [-0.3, -0.25) is 14.7 Å². The minimum absolute atomic E-state index is 0.0128. The minimum Gasteiger partial charge on any atom is -0.338 e. The second-order valence-corrected chi connectivity index (χ2v) is 8.82. The maximum atomic E-state index is 13.2. The predicted molar refractivity (Wildman–Crippen MR) is 120 cm³/mol. The Bertz CT molecular complexity index is 1190. The number of amides is 2. The summed E-state index contributed by atoms with van der Waals surface area (Å²) in [6, 6.07) is 12.1. The number of rotatable bonds is 3. The lowest BCUT2D eigenvalue weighted by atomic mass is 9.97. The number of para-hydroxylation sites is 1. The molecule has 0 radical (unpaired) electrons. The highest BCUT2D eigenvalue weighted by Gasteiger charge is 2.48. The lowest BCUT2D eigenvalue weighted by Gasteiger charge is -2.36. The number of hydrogen-bond acceptors (Lipinski definition) is 4. The molecule has 0 unspecified atom stereocenters. The number of carbonyl (C=O) groups excluding carboxylic acids is 2. The van der Waals surface area contributed by atoms with Gasteiger partial charge in [0.1, 0.15) is 5.52 Å². The fourth-order valence-corrected chi connectivity index (χ4v) is 4.42. The van der Waals surface area contributed by atoms with E-state index in [2.05, 4.69) is 28.4 Å². The van der Waals surface area contributed by atoms with E-state index in [1.165, 1.54) is 0 Å². The second-order valence-electron chi connectivity index (χ2n) is 8.82. The van der Waals surface area contributed by atoms with E-state index in [1.54, 1.807) is 4.90 Å². The van der Waals surface area contributed by atoms with Crippen molar-refractivity contribution in [3.05, 3.63) is 53.2 Å². The largest absolute Gasteiger partial charge is 0.338 e. The first kappa shape index (κ1) is 19.8. The van der Waals surface area contributed by atoms with E-state index in [0.29, 0.717) is 31.7 Å². The van der Waals surface area contributed by atoms with Crippen LogP contribution < -0.4 is 5.73 Å². The van der Waals surface area contributed by atoms with Crippen molar-refractivity contribution in [3.63, 3.8) is 0 Å². The number of H-pyrrole nitrogens is 1. The van der Waals surface area contributed by atoms with E-state index in [9.17, 15) is 9.59 Å². The molecular formula is C24H27N5O2. The fourth-order valence-electron chi connectivity index (χ4n) is 4.42. The van der Waals surface area contributed by atoms with Crippen LogP contribution in [0.15, 0.2) is 36.4 Å². The molecule has 5 rings (SSSR count). The van der Waals surface area contributed by atoms with Crippen LogP contribution in [-0.2, 0) is 4.79 Å². The molecule has 1 aliphatic carbocycles. The van der Waals surface area contributed by atoms with Gasteiger partial charge in [0.05, 0.1) is 5.54 Å². The van der Waals surface area contributed by atoms with E-state index in [0.717, 1.165) is 46.1 Å². The maximum absolute atomic E-state index is 13.2. The molecule has 7 nitrogen and oxygen atoms in total. The third-order valence-corrected chi connectivity index (χ3v) is 6.61. The normalized spacial score (nSPS) is 17.8. The number of fused-ring (bicyclic) bond motifs is 1. The van der Waals surface area contributed by atoms with Crippen molar-refractivity contribution in [1.29, 1.82) is 0 Å². The summed E-state index contributed by atoms with van der Waals surface area (Å²) in [5.74, 6) is 0.0433. The van der Waals surface area contributed by atoms with Crippen molar-refractivity contribution in [2.75, 3.05) is 26.2 Å². The predicted octanol–water partition coefficient (Wildman–Crippen LogP) is 2.62. The quantitative estimate of drug-likeness (QED) is 0.685. The van der Waals surface area contributed by atoms with Crippen molar-refractivity contribution in [1.82, 2.24) is 20.0 Å². The molecule has 1 saturated carbocycles. The van der Waals surface area contributed by atoms with Crippen LogP contribution in [0.25, 0.3) is 22.0 Å². The first-order valence-electron chi connectivity index (χ1n) is 10.8. The molecule has 0 bridgehead atoms. The number of aromatic amines is 1. The van der Waals surface area contributed by atoms with Gasteiger partial charge in [-0.15, -0.1) is 0 Å². The van der Waals surface area contributed by atoms with E-state index >= 15 is 0 Å². The Morgan fingerprint density at radius 2 is 1.74 bits per heavy atom. The lowest BCUT2D eigenvalue weighted by Crippen LogP contribution is -2.55. The zero-order valence-electron chi connectivity index (χ0n) is 17.9. The van der Waals surface area contributed by atoms with E-state index in [4.69, 9.17) is 5.73 Å². The van der Waals surface area contributed by atoms with Crippen molar-refractivity contribution in [2.45, 2.75) is 32.2 Å². The van der Waals surface area contributed by atoms with E-state index in [1.807, 2.05) is 36.9 Å². The van der Waals surface area contributed by atoms with Crippen molar-refractivity contribution in [2.24, 2.45) is 5.73 Å². The molecule has 2 aromatic carbocycles. The summed E-state index contributed by atoms with van der Waals surface area (Å²) in [6.07, 6.45) is 1.53. The number of nitrogens with one attached hydrogen (secondary N) is 1. The van der Waals surface area contributed by atoms with Crippen LogP contribution in [0.2, 0.25) is 0 Å². The van der Waals surface area contributed by atoms with Crippen LogP contribution in [0.1, 0.15) is 34.5 Å². The Labute approximate surface area is 181 Å². The number of benzene rings is 2. The number of aryl methyl sites for hydroxylation is 2. The number of carbonyl (C=O) groups is 2. The molecule has 160 valence electrons. The molecule has 3 N–H and O–H groups in total. The third kappa shape index (κ3) is 3.39. The number of aromatic nitrogens is 2. The summed E-state index contributed by atoms with van der Waals surface area (Å²) in [4.78, 5) is 29.2. The smallest absolute Gasteiger partial charge is 0.254 e. The second kappa shape index (κ2) is 7.20. The van der Waals surface area contributed by atoms with Gasteiger partial charge in [-0.05, 0) is 43.9 Å². The maximum Gasteiger partial charge on any atom is 0.254 e. The van der Waals surface area contributed by atoms with Gasteiger partial charge in [-0.2, -0.15) is 5.10 Å². The lowest BCUT2D eigenvalue weighted by molar-refractivity contribution is -0.135. The molecule has 2 heterocycles. The molecule has 31 heavy (non-hydrogen) atoms. The summed E-state index contributed by atoms with van der Waals surface area (Å²) in [5, 5.41) is 8.61. The fraction of sp³-hybridized carbons (Fsp3) is 0.375. The van der Waals surface area contributed by atoms with Gasteiger partial charge < -0.3 is 15.5 Å². The van der Waals surface area contributed by atoms with Crippen molar-refractivity contribution >= 4 is 22.7 Å². The van der Waals surface area contributed by atoms with Crippen LogP contribution in [0.3, 0.4) is 0 Å². The molecule has 2 aliphatic rings. The van der Waals surface area contributed by atoms with Gasteiger partial charge in [0.15, 0.2) is 0 Å². The van der Waals surface area contributed by atoms with Crippen molar-refractivity contribution in [3.8, 4) is 11.1 Å². The minimum atomic E-state index is -0.645. The highest BCUT2D eigenvalue weighted by Crippen LogP contribution is 2.34.